The van der Waals surface area contributed by atoms with E-state index in [-0.39, 0.29) is 5.82 Å². The van der Waals surface area contributed by atoms with Gasteiger partial charge in [-0.25, -0.2) is 14.4 Å². The summed E-state index contributed by atoms with van der Waals surface area (Å²) in [5.41, 5.74) is 1.99. The number of hydrogen-bond donors (Lipinski definition) is 2. The second kappa shape index (κ2) is 8.94. The summed E-state index contributed by atoms with van der Waals surface area (Å²) >= 11 is 0. The van der Waals surface area contributed by atoms with E-state index in [9.17, 15) is 4.39 Å². The van der Waals surface area contributed by atoms with Crippen molar-refractivity contribution in [3.05, 3.63) is 83.4 Å². The molecule has 0 aliphatic rings. The third-order valence-electron chi connectivity index (χ3n) is 4.06. The van der Waals surface area contributed by atoms with Gasteiger partial charge in [0.15, 0.2) is 0 Å². The molecular weight excluding hydrogens is 327 g/mol. The molecule has 4 nitrogen and oxygen atoms in total. The highest BCUT2D eigenvalue weighted by atomic mass is 19.1. The topological polar surface area (TPSA) is 49.8 Å². The molecule has 0 saturated carbocycles. The van der Waals surface area contributed by atoms with Crippen LogP contribution in [0.1, 0.15) is 17.0 Å². The highest BCUT2D eigenvalue weighted by Gasteiger charge is 2.04. The highest BCUT2D eigenvalue weighted by Crippen LogP contribution is 2.12. The van der Waals surface area contributed by atoms with E-state index >= 15 is 0 Å². The molecule has 0 amide bonds. The number of aryl methyl sites for hydroxylation is 1. The number of aromatic nitrogens is 2. The van der Waals surface area contributed by atoms with Crippen molar-refractivity contribution in [2.75, 3.05) is 23.7 Å². The Kier molecular flexibility index (Phi) is 6.14. The molecule has 3 aromatic rings. The Hall–Kier alpha value is -2.95. The Morgan fingerprint density at radius 3 is 2.12 bits per heavy atom. The first-order chi connectivity index (χ1) is 12.7. The normalized spacial score (nSPS) is 10.5. The molecule has 0 atom stereocenters. The van der Waals surface area contributed by atoms with Crippen LogP contribution in [0.15, 0.2) is 60.7 Å². The Labute approximate surface area is 153 Å². The maximum atomic E-state index is 13.7. The number of nitrogens with one attached hydrogen (secondary N) is 2. The highest BCUT2D eigenvalue weighted by molar-refractivity contribution is 5.47. The van der Waals surface area contributed by atoms with Crippen molar-refractivity contribution in [2.24, 2.45) is 0 Å². The number of nitrogens with zero attached hydrogens (tertiary/aromatic N) is 2. The zero-order chi connectivity index (χ0) is 18.2. The van der Waals surface area contributed by atoms with Crippen molar-refractivity contribution in [1.29, 1.82) is 0 Å². The Morgan fingerprint density at radius 2 is 1.42 bits per heavy atom. The predicted molar refractivity (Wildman–Crippen MR) is 104 cm³/mol. The lowest BCUT2D eigenvalue weighted by Crippen LogP contribution is -2.11. The quantitative estimate of drug-likeness (QED) is 0.638. The molecule has 0 spiro atoms. The SMILES string of the molecule is Cc1nc(NCCc2ccccc2)cc(NCCc2ccccc2F)n1. The molecule has 2 aromatic carbocycles. The molecular formula is C21H23FN4. The molecule has 3 rings (SSSR count). The van der Waals surface area contributed by atoms with E-state index in [2.05, 4.69) is 32.7 Å². The first-order valence-corrected chi connectivity index (χ1v) is 8.81. The van der Waals surface area contributed by atoms with Crippen LogP contribution in [0.5, 0.6) is 0 Å². The smallest absolute Gasteiger partial charge is 0.131 e. The van der Waals surface area contributed by atoms with E-state index in [0.717, 1.165) is 24.6 Å². The molecule has 0 unspecified atom stereocenters. The summed E-state index contributed by atoms with van der Waals surface area (Å²) in [5, 5.41) is 6.59. The van der Waals surface area contributed by atoms with E-state index < -0.39 is 0 Å². The van der Waals surface area contributed by atoms with Crippen molar-refractivity contribution in [1.82, 2.24) is 9.97 Å². The van der Waals surface area contributed by atoms with Crippen LogP contribution in [-0.2, 0) is 12.8 Å². The van der Waals surface area contributed by atoms with Crippen LogP contribution < -0.4 is 10.6 Å². The third-order valence-corrected chi connectivity index (χ3v) is 4.06. The zero-order valence-corrected chi connectivity index (χ0v) is 14.9. The zero-order valence-electron chi connectivity index (χ0n) is 14.9. The molecule has 26 heavy (non-hydrogen) atoms. The Morgan fingerprint density at radius 1 is 0.808 bits per heavy atom. The fraction of sp³-hybridized carbons (Fsp3) is 0.238. The minimum absolute atomic E-state index is 0.170. The van der Waals surface area contributed by atoms with E-state index in [1.54, 1.807) is 12.1 Å². The third kappa shape index (κ3) is 5.28. The van der Waals surface area contributed by atoms with Crippen molar-refractivity contribution in [2.45, 2.75) is 19.8 Å². The summed E-state index contributed by atoms with van der Waals surface area (Å²) in [7, 11) is 0. The number of hydrogen-bond acceptors (Lipinski definition) is 4. The molecule has 134 valence electrons. The van der Waals surface area contributed by atoms with Gasteiger partial charge in [-0.1, -0.05) is 48.5 Å². The minimum Gasteiger partial charge on any atom is -0.370 e. The molecule has 5 heteroatoms. The summed E-state index contributed by atoms with van der Waals surface area (Å²) in [6.45, 7) is 3.28. The lowest BCUT2D eigenvalue weighted by atomic mass is 10.1. The average Bonchev–Trinajstić information content (AvgIpc) is 2.64. The maximum absolute atomic E-state index is 13.7. The van der Waals surface area contributed by atoms with Gasteiger partial charge in [0.05, 0.1) is 0 Å². The molecule has 0 aliphatic carbocycles. The number of anilines is 2. The summed E-state index contributed by atoms with van der Waals surface area (Å²) < 4.78 is 13.7. The summed E-state index contributed by atoms with van der Waals surface area (Å²) in [6.07, 6.45) is 1.53. The van der Waals surface area contributed by atoms with Gasteiger partial charge in [0.1, 0.15) is 23.3 Å². The van der Waals surface area contributed by atoms with Gasteiger partial charge in [-0.2, -0.15) is 0 Å². The molecule has 0 saturated heterocycles. The monoisotopic (exact) mass is 350 g/mol. The van der Waals surface area contributed by atoms with Gasteiger partial charge in [-0.3, -0.25) is 0 Å². The van der Waals surface area contributed by atoms with Gasteiger partial charge in [0, 0.05) is 19.2 Å². The molecule has 0 bridgehead atoms. The molecule has 1 heterocycles. The van der Waals surface area contributed by atoms with Crippen LogP contribution in [0.3, 0.4) is 0 Å². The second-order valence-corrected chi connectivity index (χ2v) is 6.12. The molecule has 1 aromatic heterocycles. The summed E-state index contributed by atoms with van der Waals surface area (Å²) in [6, 6.07) is 19.1. The van der Waals surface area contributed by atoms with Crippen molar-refractivity contribution in [3.63, 3.8) is 0 Å². The van der Waals surface area contributed by atoms with Crippen molar-refractivity contribution in [3.8, 4) is 0 Å². The predicted octanol–water partition coefficient (Wildman–Crippen LogP) is 4.23. The van der Waals surface area contributed by atoms with Crippen LogP contribution in [-0.4, -0.2) is 23.1 Å². The van der Waals surface area contributed by atoms with Crippen LogP contribution >= 0.6 is 0 Å². The van der Waals surface area contributed by atoms with E-state index in [1.807, 2.05) is 37.3 Å². The van der Waals surface area contributed by atoms with E-state index in [1.165, 1.54) is 11.6 Å². The number of rotatable bonds is 8. The average molecular weight is 350 g/mol. The van der Waals surface area contributed by atoms with Crippen LogP contribution in [0.2, 0.25) is 0 Å². The summed E-state index contributed by atoms with van der Waals surface area (Å²) in [5.74, 6) is 2.07. The van der Waals surface area contributed by atoms with Gasteiger partial charge < -0.3 is 10.6 Å². The van der Waals surface area contributed by atoms with Crippen LogP contribution in [0.4, 0.5) is 16.0 Å². The van der Waals surface area contributed by atoms with Crippen molar-refractivity contribution >= 4 is 11.6 Å². The second-order valence-electron chi connectivity index (χ2n) is 6.12. The number of benzene rings is 2. The van der Waals surface area contributed by atoms with Gasteiger partial charge in [0.25, 0.3) is 0 Å². The van der Waals surface area contributed by atoms with Crippen LogP contribution in [0.25, 0.3) is 0 Å². The fourth-order valence-corrected chi connectivity index (χ4v) is 2.75. The minimum atomic E-state index is -0.170. The Balaban J connectivity index is 1.53. The first-order valence-electron chi connectivity index (χ1n) is 8.81. The van der Waals surface area contributed by atoms with Gasteiger partial charge >= 0.3 is 0 Å². The molecule has 2 N–H and O–H groups in total. The largest absolute Gasteiger partial charge is 0.370 e. The maximum Gasteiger partial charge on any atom is 0.131 e. The van der Waals surface area contributed by atoms with Crippen molar-refractivity contribution < 1.29 is 4.39 Å². The van der Waals surface area contributed by atoms with E-state index in [0.29, 0.717) is 24.4 Å². The molecule has 0 aliphatic heterocycles. The lowest BCUT2D eigenvalue weighted by molar-refractivity contribution is 0.610. The van der Waals surface area contributed by atoms with Gasteiger partial charge in [-0.05, 0) is 37.0 Å². The fourth-order valence-electron chi connectivity index (χ4n) is 2.75. The molecule has 0 radical (unpaired) electrons. The van der Waals surface area contributed by atoms with Gasteiger partial charge in [0.2, 0.25) is 0 Å². The Bertz CT molecular complexity index is 836. The molecule has 0 fully saturated rings. The standard InChI is InChI=1S/C21H23FN4/c1-16-25-20(23-13-11-17-7-3-2-4-8-17)15-21(26-16)24-14-12-18-9-5-6-10-19(18)22/h2-10,15H,11-14H2,1H3,(H2,23,24,25,26). The van der Waals surface area contributed by atoms with Crippen LogP contribution in [0, 0.1) is 12.7 Å². The van der Waals surface area contributed by atoms with E-state index in [4.69, 9.17) is 0 Å². The lowest BCUT2D eigenvalue weighted by Gasteiger charge is -2.10. The van der Waals surface area contributed by atoms with Gasteiger partial charge in [-0.15, -0.1) is 0 Å². The summed E-state index contributed by atoms with van der Waals surface area (Å²) in [4.78, 5) is 8.82. The first kappa shape index (κ1) is 17.9. The number of halogens is 1.